The number of aliphatic hydroxyl groups excluding tert-OH is 1. The number of nitrogens with zero attached hydrogens (tertiary/aromatic N) is 4. The van der Waals surface area contributed by atoms with E-state index in [0.29, 0.717) is 30.6 Å². The Kier molecular flexibility index (Phi) is 6.20. The lowest BCUT2D eigenvalue weighted by Crippen LogP contribution is -2.37. The molecule has 7 nitrogen and oxygen atoms in total. The highest BCUT2D eigenvalue weighted by atomic mass is 35.5. The molecule has 2 aromatic heterocycles. The van der Waals surface area contributed by atoms with Crippen molar-refractivity contribution in [1.82, 2.24) is 24.8 Å². The van der Waals surface area contributed by atoms with Crippen LogP contribution in [-0.2, 0) is 0 Å². The second-order valence-corrected chi connectivity index (χ2v) is 8.19. The number of imidazole rings is 1. The molecule has 2 aromatic rings. The number of amides is 1. The van der Waals surface area contributed by atoms with Crippen LogP contribution >= 0.6 is 24.8 Å². The zero-order chi connectivity index (χ0) is 17.7. The fourth-order valence-electron chi connectivity index (χ4n) is 5.07. The van der Waals surface area contributed by atoms with Crippen LogP contribution in [0.5, 0.6) is 0 Å². The number of nitrogens with one attached hydrogen (secondary N) is 1. The second kappa shape index (κ2) is 8.14. The number of fused-ring (bicyclic) bond motifs is 2. The molecule has 0 bridgehead atoms. The van der Waals surface area contributed by atoms with E-state index in [1.165, 1.54) is 25.7 Å². The minimum atomic E-state index is -0.183. The highest BCUT2D eigenvalue weighted by molar-refractivity contribution is 5.96. The molecule has 28 heavy (non-hydrogen) atoms. The van der Waals surface area contributed by atoms with Gasteiger partial charge in [0.2, 0.25) is 0 Å². The van der Waals surface area contributed by atoms with Crippen LogP contribution in [-0.4, -0.2) is 63.2 Å². The molecule has 154 valence electrons. The molecular formula is C19H27Cl2N5O2. The predicted octanol–water partition coefficient (Wildman–Crippen LogP) is 2.04. The average molecular weight is 428 g/mol. The molecule has 3 aliphatic rings. The first-order chi connectivity index (χ1) is 12.7. The number of carbonyl (C=O) groups excluding carboxylic acids is 1. The summed E-state index contributed by atoms with van der Waals surface area (Å²) in [5.74, 6) is 0.326. The van der Waals surface area contributed by atoms with E-state index >= 15 is 0 Å². The molecule has 1 saturated carbocycles. The Balaban J connectivity index is 0.00000112. The maximum Gasteiger partial charge on any atom is 0.255 e. The molecule has 2 aliphatic heterocycles. The number of hydrogen-bond donors (Lipinski definition) is 2. The molecule has 0 unspecified atom stereocenters. The van der Waals surface area contributed by atoms with Crippen LogP contribution in [0.15, 0.2) is 18.6 Å². The number of aromatic nitrogens is 3. The van der Waals surface area contributed by atoms with E-state index in [1.54, 1.807) is 6.20 Å². The van der Waals surface area contributed by atoms with E-state index in [-0.39, 0.29) is 42.7 Å². The molecule has 1 aliphatic carbocycles. The Morgan fingerprint density at radius 1 is 1.29 bits per heavy atom. The third-order valence-corrected chi connectivity index (χ3v) is 6.66. The highest BCUT2D eigenvalue weighted by Gasteiger charge is 2.50. The zero-order valence-corrected chi connectivity index (χ0v) is 17.3. The number of pyridine rings is 1. The molecule has 3 fully saturated rings. The van der Waals surface area contributed by atoms with Gasteiger partial charge in [-0.15, -0.1) is 24.8 Å². The van der Waals surface area contributed by atoms with Crippen molar-refractivity contribution >= 4 is 41.9 Å². The van der Waals surface area contributed by atoms with Gasteiger partial charge in [-0.25, -0.2) is 9.97 Å². The maximum atomic E-state index is 13.0. The minimum Gasteiger partial charge on any atom is -0.396 e. The summed E-state index contributed by atoms with van der Waals surface area (Å²) in [6, 6.07) is 2.36. The predicted molar refractivity (Wildman–Crippen MR) is 111 cm³/mol. The monoisotopic (exact) mass is 427 g/mol. The van der Waals surface area contributed by atoms with Crippen molar-refractivity contribution < 1.29 is 9.90 Å². The third kappa shape index (κ3) is 3.28. The SMILES string of the molecule is Cl.Cl.O=C(c1cnc2c(c1)ncn2C1CCCC1)N1C[C@@H]2CNC[C@]2(CO)C1. The van der Waals surface area contributed by atoms with Crippen molar-refractivity contribution in [3.05, 3.63) is 24.2 Å². The molecule has 4 heterocycles. The standard InChI is InChI=1S/C19H25N5O2.2ClH/c25-11-19-9-20-7-14(19)8-23(10-19)18(26)13-5-16-17(21-6-13)24(12-22-16)15-3-1-2-4-15;;/h5-6,12,14-15,20,25H,1-4,7-11H2;2*1H/t14-,19+;;/m0../s1. The van der Waals surface area contributed by atoms with Crippen LogP contribution in [0, 0.1) is 11.3 Å². The van der Waals surface area contributed by atoms with Gasteiger partial charge in [0.25, 0.3) is 5.91 Å². The Morgan fingerprint density at radius 3 is 2.79 bits per heavy atom. The second-order valence-electron chi connectivity index (χ2n) is 8.19. The lowest BCUT2D eigenvalue weighted by atomic mass is 9.82. The van der Waals surface area contributed by atoms with Gasteiger partial charge in [-0.05, 0) is 24.8 Å². The molecule has 0 aromatic carbocycles. The average Bonchev–Trinajstić information content (AvgIpc) is 3.41. The first kappa shape index (κ1) is 21.3. The summed E-state index contributed by atoms with van der Waals surface area (Å²) in [6.07, 6.45) is 8.45. The normalized spacial score (nSPS) is 26.9. The lowest BCUT2D eigenvalue weighted by Gasteiger charge is -2.25. The summed E-state index contributed by atoms with van der Waals surface area (Å²) in [7, 11) is 0. The van der Waals surface area contributed by atoms with Gasteiger partial charge in [-0.2, -0.15) is 0 Å². The number of aliphatic hydroxyl groups is 1. The number of rotatable bonds is 3. The number of likely N-dealkylation sites (tertiary alicyclic amines) is 1. The molecular weight excluding hydrogens is 401 g/mol. The van der Waals surface area contributed by atoms with Crippen LogP contribution < -0.4 is 5.32 Å². The van der Waals surface area contributed by atoms with E-state index < -0.39 is 0 Å². The van der Waals surface area contributed by atoms with Crippen LogP contribution in [0.1, 0.15) is 42.1 Å². The summed E-state index contributed by atoms with van der Waals surface area (Å²) < 4.78 is 2.17. The van der Waals surface area contributed by atoms with Gasteiger partial charge >= 0.3 is 0 Å². The topological polar surface area (TPSA) is 83.3 Å². The molecule has 0 radical (unpaired) electrons. The fraction of sp³-hybridized carbons (Fsp3) is 0.632. The Labute approximate surface area is 176 Å². The van der Waals surface area contributed by atoms with Crippen LogP contribution in [0.2, 0.25) is 0 Å². The van der Waals surface area contributed by atoms with Crippen LogP contribution in [0.3, 0.4) is 0 Å². The Hall–Kier alpha value is -1.41. The minimum absolute atomic E-state index is 0. The van der Waals surface area contributed by atoms with Gasteiger partial charge in [0.05, 0.1) is 18.5 Å². The van der Waals surface area contributed by atoms with Gasteiger partial charge in [0.1, 0.15) is 5.52 Å². The van der Waals surface area contributed by atoms with E-state index in [1.807, 2.05) is 17.3 Å². The van der Waals surface area contributed by atoms with Crippen molar-refractivity contribution in [3.63, 3.8) is 0 Å². The van der Waals surface area contributed by atoms with Crippen molar-refractivity contribution in [1.29, 1.82) is 0 Å². The molecule has 0 spiro atoms. The fourth-order valence-corrected chi connectivity index (χ4v) is 5.07. The zero-order valence-electron chi connectivity index (χ0n) is 15.7. The number of hydrogen-bond acceptors (Lipinski definition) is 5. The molecule has 1 amide bonds. The van der Waals surface area contributed by atoms with Gasteiger partial charge in [-0.1, -0.05) is 12.8 Å². The molecule has 2 saturated heterocycles. The van der Waals surface area contributed by atoms with Crippen molar-refractivity contribution in [2.24, 2.45) is 11.3 Å². The van der Waals surface area contributed by atoms with E-state index in [4.69, 9.17) is 0 Å². The maximum absolute atomic E-state index is 13.0. The van der Waals surface area contributed by atoms with Crippen LogP contribution in [0.25, 0.3) is 11.2 Å². The Bertz CT molecular complexity index is 854. The van der Waals surface area contributed by atoms with E-state index in [2.05, 4.69) is 19.9 Å². The summed E-state index contributed by atoms with van der Waals surface area (Å²) in [6.45, 7) is 3.07. The largest absolute Gasteiger partial charge is 0.396 e. The van der Waals surface area contributed by atoms with Gasteiger partial charge in [0.15, 0.2) is 5.65 Å². The number of halogens is 2. The summed E-state index contributed by atoms with van der Waals surface area (Å²) in [5.41, 5.74) is 2.08. The quantitative estimate of drug-likeness (QED) is 0.782. The van der Waals surface area contributed by atoms with Crippen molar-refractivity contribution in [3.8, 4) is 0 Å². The summed E-state index contributed by atoms with van der Waals surface area (Å²) >= 11 is 0. The number of carbonyl (C=O) groups is 1. The van der Waals surface area contributed by atoms with Gasteiger partial charge < -0.3 is 19.9 Å². The molecule has 2 atom stereocenters. The highest BCUT2D eigenvalue weighted by Crippen LogP contribution is 2.39. The third-order valence-electron chi connectivity index (χ3n) is 6.66. The summed E-state index contributed by atoms with van der Waals surface area (Å²) in [5, 5.41) is 13.2. The van der Waals surface area contributed by atoms with Crippen molar-refractivity contribution in [2.45, 2.75) is 31.7 Å². The molecule has 5 rings (SSSR count). The molecule has 2 N–H and O–H groups in total. The first-order valence-electron chi connectivity index (χ1n) is 9.64. The van der Waals surface area contributed by atoms with E-state index in [9.17, 15) is 9.90 Å². The van der Waals surface area contributed by atoms with Crippen molar-refractivity contribution in [2.75, 3.05) is 32.8 Å². The van der Waals surface area contributed by atoms with Gasteiger partial charge in [-0.3, -0.25) is 4.79 Å². The van der Waals surface area contributed by atoms with Gasteiger partial charge in [0, 0.05) is 43.8 Å². The lowest BCUT2D eigenvalue weighted by molar-refractivity contribution is 0.0745. The van der Waals surface area contributed by atoms with E-state index in [0.717, 1.165) is 24.3 Å². The Morgan fingerprint density at radius 2 is 2.07 bits per heavy atom. The van der Waals surface area contributed by atoms with Crippen LogP contribution in [0.4, 0.5) is 0 Å². The first-order valence-corrected chi connectivity index (χ1v) is 9.64. The summed E-state index contributed by atoms with van der Waals surface area (Å²) in [4.78, 5) is 23.9. The smallest absolute Gasteiger partial charge is 0.255 e. The molecule has 9 heteroatoms.